The molecule has 0 spiro atoms. The Bertz CT molecular complexity index is 163. The van der Waals surface area contributed by atoms with Crippen molar-refractivity contribution in [2.24, 2.45) is 0 Å². The number of hydrogen-bond donors (Lipinski definition) is 1. The van der Waals surface area contributed by atoms with E-state index in [2.05, 4.69) is 6.92 Å². The van der Waals surface area contributed by atoms with Crippen LogP contribution >= 0.6 is 0 Å². The van der Waals surface area contributed by atoms with E-state index in [-0.39, 0.29) is 0 Å². The van der Waals surface area contributed by atoms with E-state index in [1.165, 1.54) is 96.3 Å². The van der Waals surface area contributed by atoms with Gasteiger partial charge in [0.25, 0.3) is 0 Å². The second-order valence-electron chi connectivity index (χ2n) is 6.64. The van der Waals surface area contributed by atoms with Crippen LogP contribution in [0.25, 0.3) is 0 Å². The maximum atomic E-state index is 8.69. The molecule has 22 heavy (non-hydrogen) atoms. The summed E-state index contributed by atoms with van der Waals surface area (Å²) in [5, 5.41) is 8.69. The predicted molar refractivity (Wildman–Crippen MR) is 97.5 cm³/mol. The molecule has 134 valence electrons. The lowest BCUT2D eigenvalue weighted by Gasteiger charge is -2.04. The standard InChI is InChI=1S/C20H42O2/c1-2-3-4-16-19-22-20-17-14-12-10-8-6-5-7-9-11-13-15-18-21/h21H,2-20H2,1H3. The van der Waals surface area contributed by atoms with Gasteiger partial charge >= 0.3 is 0 Å². The van der Waals surface area contributed by atoms with Gasteiger partial charge in [-0.25, -0.2) is 0 Å². The lowest BCUT2D eigenvalue weighted by atomic mass is 10.1. The van der Waals surface area contributed by atoms with Gasteiger partial charge in [-0.05, 0) is 19.3 Å². The van der Waals surface area contributed by atoms with Gasteiger partial charge in [-0.1, -0.05) is 90.4 Å². The minimum Gasteiger partial charge on any atom is -0.396 e. The van der Waals surface area contributed by atoms with Crippen molar-refractivity contribution in [3.8, 4) is 0 Å². The molecule has 0 aromatic carbocycles. The number of ether oxygens (including phenoxy) is 1. The summed E-state index contributed by atoms with van der Waals surface area (Å²) >= 11 is 0. The molecular weight excluding hydrogens is 272 g/mol. The third-order valence-corrected chi connectivity index (χ3v) is 4.34. The third kappa shape index (κ3) is 19.9. The fourth-order valence-electron chi connectivity index (χ4n) is 2.82. The highest BCUT2D eigenvalue weighted by molar-refractivity contribution is 4.49. The molecule has 0 heterocycles. The van der Waals surface area contributed by atoms with Crippen LogP contribution in [0.2, 0.25) is 0 Å². The largest absolute Gasteiger partial charge is 0.396 e. The van der Waals surface area contributed by atoms with E-state index in [0.29, 0.717) is 6.61 Å². The lowest BCUT2D eigenvalue weighted by molar-refractivity contribution is 0.125. The van der Waals surface area contributed by atoms with Crippen molar-refractivity contribution in [3.63, 3.8) is 0 Å². The van der Waals surface area contributed by atoms with Crippen molar-refractivity contribution < 1.29 is 9.84 Å². The van der Waals surface area contributed by atoms with Crippen molar-refractivity contribution in [3.05, 3.63) is 0 Å². The number of hydrogen-bond acceptors (Lipinski definition) is 2. The highest BCUT2D eigenvalue weighted by Crippen LogP contribution is 2.12. The highest BCUT2D eigenvalue weighted by Gasteiger charge is 1.94. The van der Waals surface area contributed by atoms with Gasteiger partial charge in [0, 0.05) is 19.8 Å². The molecule has 0 aliphatic rings. The van der Waals surface area contributed by atoms with E-state index in [4.69, 9.17) is 9.84 Å². The Labute approximate surface area is 140 Å². The lowest BCUT2D eigenvalue weighted by Crippen LogP contribution is -1.97. The number of aliphatic hydroxyl groups is 1. The van der Waals surface area contributed by atoms with E-state index in [1.807, 2.05) is 0 Å². The van der Waals surface area contributed by atoms with E-state index in [9.17, 15) is 0 Å². The first kappa shape index (κ1) is 21.9. The fourth-order valence-corrected chi connectivity index (χ4v) is 2.82. The minimum atomic E-state index is 0.365. The Morgan fingerprint density at radius 1 is 0.500 bits per heavy atom. The molecule has 0 saturated carbocycles. The molecule has 0 amide bonds. The number of rotatable bonds is 19. The van der Waals surface area contributed by atoms with Crippen molar-refractivity contribution in [1.29, 1.82) is 0 Å². The quantitative estimate of drug-likeness (QED) is 0.285. The topological polar surface area (TPSA) is 29.5 Å². The monoisotopic (exact) mass is 314 g/mol. The summed E-state index contributed by atoms with van der Waals surface area (Å²) in [5.41, 5.74) is 0. The van der Waals surface area contributed by atoms with Crippen LogP contribution in [-0.2, 0) is 4.74 Å². The van der Waals surface area contributed by atoms with Crippen LogP contribution in [0.15, 0.2) is 0 Å². The van der Waals surface area contributed by atoms with E-state index < -0.39 is 0 Å². The average Bonchev–Trinajstić information content (AvgIpc) is 2.54. The van der Waals surface area contributed by atoms with Gasteiger partial charge < -0.3 is 9.84 Å². The molecule has 1 N–H and O–H groups in total. The second kappa shape index (κ2) is 20.9. The van der Waals surface area contributed by atoms with Gasteiger partial charge in [-0.3, -0.25) is 0 Å². The predicted octanol–water partition coefficient (Wildman–Crippen LogP) is 6.26. The first-order chi connectivity index (χ1) is 10.9. The summed E-state index contributed by atoms with van der Waals surface area (Å²) in [6, 6.07) is 0. The van der Waals surface area contributed by atoms with Gasteiger partial charge in [0.1, 0.15) is 0 Å². The van der Waals surface area contributed by atoms with Crippen LogP contribution in [-0.4, -0.2) is 24.9 Å². The van der Waals surface area contributed by atoms with Crippen molar-refractivity contribution in [2.45, 2.75) is 110 Å². The van der Waals surface area contributed by atoms with Crippen LogP contribution in [0, 0.1) is 0 Å². The Balaban J connectivity index is 2.91. The Kier molecular flexibility index (Phi) is 20.8. The summed E-state index contributed by atoms with van der Waals surface area (Å²) in [6.07, 6.45) is 21.1. The Morgan fingerprint density at radius 2 is 0.864 bits per heavy atom. The minimum absolute atomic E-state index is 0.365. The zero-order valence-electron chi connectivity index (χ0n) is 15.3. The summed E-state index contributed by atoms with van der Waals surface area (Å²) in [5.74, 6) is 0. The van der Waals surface area contributed by atoms with Crippen LogP contribution in [0.1, 0.15) is 110 Å². The molecular formula is C20H42O2. The molecule has 0 fully saturated rings. The first-order valence-corrected chi connectivity index (χ1v) is 10.1. The molecule has 0 unspecified atom stereocenters. The Hall–Kier alpha value is -0.0800. The Morgan fingerprint density at radius 3 is 1.27 bits per heavy atom. The van der Waals surface area contributed by atoms with E-state index >= 15 is 0 Å². The molecule has 0 atom stereocenters. The maximum absolute atomic E-state index is 8.69. The average molecular weight is 315 g/mol. The summed E-state index contributed by atoms with van der Waals surface area (Å²) < 4.78 is 5.66. The molecule has 0 saturated heterocycles. The summed E-state index contributed by atoms with van der Waals surface area (Å²) in [7, 11) is 0. The third-order valence-electron chi connectivity index (χ3n) is 4.34. The smallest absolute Gasteiger partial charge is 0.0466 e. The van der Waals surface area contributed by atoms with Gasteiger partial charge in [0.15, 0.2) is 0 Å². The zero-order valence-corrected chi connectivity index (χ0v) is 15.3. The summed E-state index contributed by atoms with van der Waals surface area (Å²) in [6.45, 7) is 4.56. The number of aliphatic hydroxyl groups excluding tert-OH is 1. The molecule has 0 rings (SSSR count). The molecule has 0 aromatic rings. The molecule has 0 aliphatic heterocycles. The highest BCUT2D eigenvalue weighted by atomic mass is 16.5. The van der Waals surface area contributed by atoms with E-state index in [1.54, 1.807) is 0 Å². The van der Waals surface area contributed by atoms with Crippen molar-refractivity contribution >= 4 is 0 Å². The van der Waals surface area contributed by atoms with E-state index in [0.717, 1.165) is 19.6 Å². The normalized spacial score (nSPS) is 11.2. The molecule has 0 aromatic heterocycles. The fraction of sp³-hybridized carbons (Fsp3) is 1.00. The molecule has 2 heteroatoms. The molecule has 0 aliphatic carbocycles. The van der Waals surface area contributed by atoms with Crippen LogP contribution < -0.4 is 0 Å². The van der Waals surface area contributed by atoms with Crippen LogP contribution in [0.5, 0.6) is 0 Å². The maximum Gasteiger partial charge on any atom is 0.0466 e. The van der Waals surface area contributed by atoms with Gasteiger partial charge in [-0.2, -0.15) is 0 Å². The molecule has 2 nitrogen and oxygen atoms in total. The van der Waals surface area contributed by atoms with Gasteiger partial charge in [0.2, 0.25) is 0 Å². The zero-order chi connectivity index (χ0) is 16.1. The van der Waals surface area contributed by atoms with Crippen LogP contribution in [0.4, 0.5) is 0 Å². The molecule has 0 radical (unpaired) electrons. The number of unbranched alkanes of at least 4 members (excludes halogenated alkanes) is 14. The SMILES string of the molecule is CCCCCCOCCCCCCCCCCCCCCO. The van der Waals surface area contributed by atoms with Crippen LogP contribution in [0.3, 0.4) is 0 Å². The summed E-state index contributed by atoms with van der Waals surface area (Å²) in [4.78, 5) is 0. The second-order valence-corrected chi connectivity index (χ2v) is 6.64. The van der Waals surface area contributed by atoms with Gasteiger partial charge in [-0.15, -0.1) is 0 Å². The first-order valence-electron chi connectivity index (χ1n) is 10.1. The van der Waals surface area contributed by atoms with Crippen molar-refractivity contribution in [2.75, 3.05) is 19.8 Å². The van der Waals surface area contributed by atoms with Crippen molar-refractivity contribution in [1.82, 2.24) is 0 Å². The molecule has 0 bridgehead atoms. The van der Waals surface area contributed by atoms with Gasteiger partial charge in [0.05, 0.1) is 0 Å².